The Morgan fingerprint density at radius 1 is 1.00 bits per heavy atom. The molecule has 0 spiro atoms. The van der Waals surface area contributed by atoms with Crippen molar-refractivity contribution in [2.45, 2.75) is 38.6 Å². The van der Waals surface area contributed by atoms with Gasteiger partial charge in [-0.1, -0.05) is 18.6 Å². The highest BCUT2D eigenvalue weighted by Gasteiger charge is 2.26. The number of carbonyl (C=O) groups excluding carboxylic acids is 1. The standard InChI is InChI=1S/C27H34N6O3/c1-31-24(17-32-9-3-2-4-10-32)23(16-29-31)20-5-6-21-15-28-25(14-22(21)13-20)30-27(36)19-7-11-33(12-8-19)18-26(34)35/h5-6,13-16,19H,2-4,7-12,17-18H2,1H3,(H,34,35)(H,28,30,36). The number of nitrogens with zero attached hydrogens (tertiary/aromatic N) is 5. The number of pyridine rings is 1. The quantitative estimate of drug-likeness (QED) is 0.523. The van der Waals surface area contributed by atoms with Gasteiger partial charge in [-0.05, 0) is 74.9 Å². The number of nitrogens with one attached hydrogen (secondary N) is 1. The molecule has 0 radical (unpaired) electrons. The zero-order chi connectivity index (χ0) is 25.1. The summed E-state index contributed by atoms with van der Waals surface area (Å²) >= 11 is 0. The molecule has 2 aliphatic rings. The Morgan fingerprint density at radius 3 is 2.53 bits per heavy atom. The number of amides is 1. The van der Waals surface area contributed by atoms with E-state index in [9.17, 15) is 9.59 Å². The van der Waals surface area contributed by atoms with E-state index in [0.29, 0.717) is 31.7 Å². The Balaban J connectivity index is 1.30. The topological polar surface area (TPSA) is 104 Å². The lowest BCUT2D eigenvalue weighted by Crippen LogP contribution is -2.40. The summed E-state index contributed by atoms with van der Waals surface area (Å²) in [6.45, 7) is 4.42. The molecule has 2 saturated heterocycles. The number of aryl methyl sites for hydroxylation is 1. The van der Waals surface area contributed by atoms with Crippen molar-refractivity contribution in [3.05, 3.63) is 42.4 Å². The lowest BCUT2D eigenvalue weighted by Gasteiger charge is -2.29. The van der Waals surface area contributed by atoms with Crippen molar-refractivity contribution >= 4 is 28.5 Å². The number of carbonyl (C=O) groups is 2. The molecular weight excluding hydrogens is 456 g/mol. The molecule has 0 bridgehead atoms. The monoisotopic (exact) mass is 490 g/mol. The van der Waals surface area contributed by atoms with Gasteiger partial charge in [0.05, 0.1) is 18.4 Å². The van der Waals surface area contributed by atoms with E-state index in [4.69, 9.17) is 5.11 Å². The van der Waals surface area contributed by atoms with E-state index >= 15 is 0 Å². The minimum atomic E-state index is -0.831. The van der Waals surface area contributed by atoms with Crippen LogP contribution < -0.4 is 5.32 Å². The Morgan fingerprint density at radius 2 is 1.78 bits per heavy atom. The summed E-state index contributed by atoms with van der Waals surface area (Å²) in [5.41, 5.74) is 3.46. The normalized spacial score (nSPS) is 17.9. The van der Waals surface area contributed by atoms with E-state index in [-0.39, 0.29) is 18.4 Å². The number of fused-ring (bicyclic) bond motifs is 1. The predicted octanol–water partition coefficient (Wildman–Crippen LogP) is 3.36. The van der Waals surface area contributed by atoms with Crippen LogP contribution in [-0.4, -0.2) is 74.3 Å². The van der Waals surface area contributed by atoms with Gasteiger partial charge in [-0.15, -0.1) is 0 Å². The molecule has 36 heavy (non-hydrogen) atoms. The zero-order valence-corrected chi connectivity index (χ0v) is 20.8. The third-order valence-electron chi connectivity index (χ3n) is 7.48. The van der Waals surface area contributed by atoms with Crippen molar-refractivity contribution in [1.82, 2.24) is 24.6 Å². The van der Waals surface area contributed by atoms with Crippen LogP contribution in [0.5, 0.6) is 0 Å². The number of likely N-dealkylation sites (tertiary alicyclic amines) is 2. The van der Waals surface area contributed by atoms with Gasteiger partial charge in [0.15, 0.2) is 0 Å². The largest absolute Gasteiger partial charge is 0.480 e. The first-order chi connectivity index (χ1) is 17.5. The average Bonchev–Trinajstić information content (AvgIpc) is 3.24. The molecule has 4 heterocycles. The molecule has 5 rings (SSSR count). The first-order valence-corrected chi connectivity index (χ1v) is 12.8. The van der Waals surface area contributed by atoms with Crippen LogP contribution in [0, 0.1) is 5.92 Å². The van der Waals surface area contributed by atoms with Crippen LogP contribution in [0.4, 0.5) is 5.82 Å². The maximum absolute atomic E-state index is 12.9. The Hall–Kier alpha value is -3.30. The number of aromatic nitrogens is 3. The maximum Gasteiger partial charge on any atom is 0.317 e. The summed E-state index contributed by atoms with van der Waals surface area (Å²) in [5, 5.41) is 18.5. The van der Waals surface area contributed by atoms with Gasteiger partial charge in [-0.2, -0.15) is 5.10 Å². The number of carboxylic acids is 1. The van der Waals surface area contributed by atoms with E-state index in [2.05, 4.69) is 38.5 Å². The predicted molar refractivity (Wildman–Crippen MR) is 139 cm³/mol. The molecule has 2 fully saturated rings. The van der Waals surface area contributed by atoms with Crippen LogP contribution >= 0.6 is 0 Å². The van der Waals surface area contributed by atoms with Gasteiger partial charge in [-0.3, -0.25) is 24.1 Å². The van der Waals surface area contributed by atoms with Crippen LogP contribution in [0.3, 0.4) is 0 Å². The minimum Gasteiger partial charge on any atom is -0.480 e. The van der Waals surface area contributed by atoms with Gasteiger partial charge >= 0.3 is 5.97 Å². The summed E-state index contributed by atoms with van der Waals surface area (Å²) in [6.07, 6.45) is 8.87. The first-order valence-electron chi connectivity index (χ1n) is 12.8. The molecule has 9 nitrogen and oxygen atoms in total. The van der Waals surface area contributed by atoms with Crippen LogP contribution in [-0.2, 0) is 23.2 Å². The van der Waals surface area contributed by atoms with Gasteiger partial charge in [0.2, 0.25) is 5.91 Å². The number of hydrogen-bond acceptors (Lipinski definition) is 6. The maximum atomic E-state index is 12.9. The van der Waals surface area contributed by atoms with Gasteiger partial charge in [0, 0.05) is 36.7 Å². The van der Waals surface area contributed by atoms with Crippen molar-refractivity contribution in [2.24, 2.45) is 13.0 Å². The Bertz CT molecular complexity index is 1240. The van der Waals surface area contributed by atoms with E-state index in [1.54, 1.807) is 6.20 Å². The van der Waals surface area contributed by atoms with Crippen molar-refractivity contribution in [1.29, 1.82) is 0 Å². The molecule has 2 aliphatic heterocycles. The average molecular weight is 491 g/mol. The number of piperidine rings is 2. The van der Waals surface area contributed by atoms with E-state index in [0.717, 1.165) is 41.5 Å². The van der Waals surface area contributed by atoms with Gasteiger partial charge < -0.3 is 10.4 Å². The molecule has 2 aromatic heterocycles. The fourth-order valence-corrected chi connectivity index (χ4v) is 5.37. The Labute approximate surface area is 211 Å². The number of benzene rings is 1. The number of carboxylic acid groups (broad SMARTS) is 1. The third kappa shape index (κ3) is 5.57. The fourth-order valence-electron chi connectivity index (χ4n) is 5.37. The molecule has 190 valence electrons. The molecule has 0 atom stereocenters. The number of hydrogen-bond donors (Lipinski definition) is 2. The highest BCUT2D eigenvalue weighted by Crippen LogP contribution is 2.29. The molecule has 1 aromatic carbocycles. The molecule has 0 saturated carbocycles. The molecule has 3 aromatic rings. The second-order valence-electron chi connectivity index (χ2n) is 10.0. The molecule has 0 unspecified atom stereocenters. The van der Waals surface area contributed by atoms with Crippen molar-refractivity contribution in [2.75, 3.05) is 38.0 Å². The summed E-state index contributed by atoms with van der Waals surface area (Å²) in [7, 11) is 2.01. The summed E-state index contributed by atoms with van der Waals surface area (Å²) in [6, 6.07) is 8.26. The van der Waals surface area contributed by atoms with E-state index in [1.807, 2.05) is 28.9 Å². The second-order valence-corrected chi connectivity index (χ2v) is 10.0. The minimum absolute atomic E-state index is 0.0274. The summed E-state index contributed by atoms with van der Waals surface area (Å²) < 4.78 is 1.98. The zero-order valence-electron chi connectivity index (χ0n) is 20.8. The van der Waals surface area contributed by atoms with Gasteiger partial charge in [-0.25, -0.2) is 4.98 Å². The van der Waals surface area contributed by atoms with Crippen LogP contribution in [0.25, 0.3) is 21.9 Å². The van der Waals surface area contributed by atoms with Crippen molar-refractivity contribution in [3.63, 3.8) is 0 Å². The molecule has 2 N–H and O–H groups in total. The lowest BCUT2D eigenvalue weighted by atomic mass is 9.96. The summed E-state index contributed by atoms with van der Waals surface area (Å²) in [4.78, 5) is 32.6. The number of aliphatic carboxylic acids is 1. The van der Waals surface area contributed by atoms with Gasteiger partial charge in [0.25, 0.3) is 0 Å². The highest BCUT2D eigenvalue weighted by atomic mass is 16.4. The lowest BCUT2D eigenvalue weighted by molar-refractivity contribution is -0.138. The molecular formula is C27H34N6O3. The molecule has 1 amide bonds. The smallest absolute Gasteiger partial charge is 0.317 e. The van der Waals surface area contributed by atoms with Gasteiger partial charge in [0.1, 0.15) is 5.82 Å². The van der Waals surface area contributed by atoms with Crippen molar-refractivity contribution in [3.8, 4) is 11.1 Å². The van der Waals surface area contributed by atoms with E-state index < -0.39 is 5.97 Å². The summed E-state index contributed by atoms with van der Waals surface area (Å²) in [5.74, 6) is -0.476. The van der Waals surface area contributed by atoms with Crippen LogP contribution in [0.1, 0.15) is 37.8 Å². The number of rotatable bonds is 7. The third-order valence-corrected chi connectivity index (χ3v) is 7.48. The number of anilines is 1. The Kier molecular flexibility index (Phi) is 7.29. The molecule has 0 aliphatic carbocycles. The first kappa shape index (κ1) is 24.4. The van der Waals surface area contributed by atoms with Crippen LogP contribution in [0.15, 0.2) is 36.7 Å². The van der Waals surface area contributed by atoms with Crippen molar-refractivity contribution < 1.29 is 14.7 Å². The second kappa shape index (κ2) is 10.8. The van der Waals surface area contributed by atoms with Crippen LogP contribution in [0.2, 0.25) is 0 Å². The highest BCUT2D eigenvalue weighted by molar-refractivity contribution is 5.95. The molecule has 9 heteroatoms. The van der Waals surface area contributed by atoms with E-state index in [1.165, 1.54) is 25.0 Å². The SMILES string of the molecule is Cn1ncc(-c2ccc3cnc(NC(=O)C4CCN(CC(=O)O)CC4)cc3c2)c1CN1CCCCC1. The fraction of sp³-hybridized carbons (Fsp3) is 0.481.